The van der Waals surface area contributed by atoms with Crippen molar-refractivity contribution in [2.24, 2.45) is 5.73 Å². The second-order valence-corrected chi connectivity index (χ2v) is 2.05. The van der Waals surface area contributed by atoms with Crippen molar-refractivity contribution in [3.05, 3.63) is 24.0 Å². The summed E-state index contributed by atoms with van der Waals surface area (Å²) in [4.78, 5) is 7.33. The van der Waals surface area contributed by atoms with Crippen LogP contribution in [0.3, 0.4) is 0 Å². The van der Waals surface area contributed by atoms with Gasteiger partial charge in [-0.25, -0.2) is 14.4 Å². The second-order valence-electron chi connectivity index (χ2n) is 2.05. The van der Waals surface area contributed by atoms with Crippen molar-refractivity contribution in [3.63, 3.8) is 0 Å². The van der Waals surface area contributed by atoms with Crippen LogP contribution < -0.4 is 5.73 Å². The van der Waals surface area contributed by atoms with Crippen molar-refractivity contribution in [1.82, 2.24) is 9.97 Å². The van der Waals surface area contributed by atoms with Gasteiger partial charge in [-0.1, -0.05) is 0 Å². The summed E-state index contributed by atoms with van der Waals surface area (Å²) in [6.07, 6.45) is 2.21. The summed E-state index contributed by atoms with van der Waals surface area (Å²) in [5.41, 5.74) is 5.42. The molecule has 3 nitrogen and oxygen atoms in total. The Morgan fingerprint density at radius 1 is 1.50 bits per heavy atom. The molecule has 0 aliphatic heterocycles. The molecule has 0 aliphatic carbocycles. The van der Waals surface area contributed by atoms with Gasteiger partial charge in [-0.15, -0.1) is 0 Å². The topological polar surface area (TPSA) is 51.8 Å². The Morgan fingerprint density at radius 2 is 2.00 bits per heavy atom. The smallest absolute Gasteiger partial charge is 0.159 e. The Bertz CT molecular complexity index is 207. The van der Waals surface area contributed by atoms with E-state index in [1.54, 1.807) is 6.92 Å². The lowest BCUT2D eigenvalue weighted by Gasteiger charge is -2.00. The van der Waals surface area contributed by atoms with Crippen LogP contribution in [0.4, 0.5) is 4.39 Å². The van der Waals surface area contributed by atoms with Gasteiger partial charge in [0.05, 0.1) is 18.4 Å². The van der Waals surface area contributed by atoms with Crippen LogP contribution in [0.5, 0.6) is 0 Å². The fourth-order valence-corrected chi connectivity index (χ4v) is 0.557. The van der Waals surface area contributed by atoms with E-state index in [2.05, 4.69) is 9.97 Å². The first-order valence-electron chi connectivity index (χ1n) is 2.93. The molecule has 1 rings (SSSR count). The number of nitrogens with zero attached hydrogens (tertiary/aromatic N) is 2. The molecule has 0 saturated carbocycles. The van der Waals surface area contributed by atoms with Crippen LogP contribution in [0.15, 0.2) is 12.4 Å². The van der Waals surface area contributed by atoms with E-state index in [-0.39, 0.29) is 6.04 Å². The van der Waals surface area contributed by atoms with E-state index in [0.29, 0.717) is 5.82 Å². The molecule has 0 aliphatic rings. The highest BCUT2D eigenvalue weighted by molar-refractivity contribution is 4.94. The van der Waals surface area contributed by atoms with Gasteiger partial charge in [0.25, 0.3) is 0 Å². The van der Waals surface area contributed by atoms with E-state index in [9.17, 15) is 4.39 Å². The lowest BCUT2D eigenvalue weighted by Crippen LogP contribution is -2.09. The molecule has 54 valence electrons. The molecule has 0 unspecified atom stereocenters. The average molecular weight is 141 g/mol. The monoisotopic (exact) mass is 141 g/mol. The minimum Gasteiger partial charge on any atom is -0.322 e. The van der Waals surface area contributed by atoms with Crippen LogP contribution in [-0.2, 0) is 0 Å². The second kappa shape index (κ2) is 2.70. The first kappa shape index (κ1) is 7.08. The maximum Gasteiger partial charge on any atom is 0.159 e. The van der Waals surface area contributed by atoms with E-state index >= 15 is 0 Å². The van der Waals surface area contributed by atoms with Gasteiger partial charge in [-0.3, -0.25) is 0 Å². The lowest BCUT2D eigenvalue weighted by molar-refractivity contribution is 0.602. The standard InChI is InChI=1S/C6H8FN3/c1-4(8)6-9-2-5(7)3-10-6/h2-4H,8H2,1H3/t4-/m1/s1. The molecule has 0 spiro atoms. The van der Waals surface area contributed by atoms with Crippen molar-refractivity contribution >= 4 is 0 Å². The zero-order chi connectivity index (χ0) is 7.56. The molecule has 0 radical (unpaired) electrons. The van der Waals surface area contributed by atoms with Gasteiger partial charge < -0.3 is 5.73 Å². The largest absolute Gasteiger partial charge is 0.322 e. The van der Waals surface area contributed by atoms with E-state index in [1.807, 2.05) is 0 Å². The number of hydrogen-bond donors (Lipinski definition) is 1. The van der Waals surface area contributed by atoms with Gasteiger partial charge in [0.1, 0.15) is 5.82 Å². The lowest BCUT2D eigenvalue weighted by atomic mass is 10.3. The Morgan fingerprint density at radius 3 is 2.40 bits per heavy atom. The molecule has 1 aromatic heterocycles. The fourth-order valence-electron chi connectivity index (χ4n) is 0.557. The minimum absolute atomic E-state index is 0.236. The Kier molecular flexibility index (Phi) is 1.91. The van der Waals surface area contributed by atoms with Crippen LogP contribution >= 0.6 is 0 Å². The van der Waals surface area contributed by atoms with Crippen molar-refractivity contribution in [2.75, 3.05) is 0 Å². The first-order valence-corrected chi connectivity index (χ1v) is 2.93. The third-order valence-electron chi connectivity index (χ3n) is 1.05. The van der Waals surface area contributed by atoms with Crippen LogP contribution in [0.1, 0.15) is 18.8 Å². The number of hydrogen-bond acceptors (Lipinski definition) is 3. The SMILES string of the molecule is C[C@@H](N)c1ncc(F)cn1. The van der Waals surface area contributed by atoms with Gasteiger partial charge >= 0.3 is 0 Å². The van der Waals surface area contributed by atoms with E-state index in [1.165, 1.54) is 0 Å². The molecule has 0 bridgehead atoms. The summed E-state index contributed by atoms with van der Waals surface area (Å²) in [6.45, 7) is 1.74. The third-order valence-corrected chi connectivity index (χ3v) is 1.05. The minimum atomic E-state index is -0.440. The molecule has 2 N–H and O–H groups in total. The Hall–Kier alpha value is -1.03. The maximum absolute atomic E-state index is 12.2. The van der Waals surface area contributed by atoms with Gasteiger partial charge in [-0.05, 0) is 6.92 Å². The number of nitrogens with two attached hydrogens (primary N) is 1. The van der Waals surface area contributed by atoms with E-state index in [0.717, 1.165) is 12.4 Å². The van der Waals surface area contributed by atoms with Gasteiger partial charge in [0.15, 0.2) is 5.82 Å². The van der Waals surface area contributed by atoms with Crippen LogP contribution in [0.25, 0.3) is 0 Å². The molecule has 0 aromatic carbocycles. The van der Waals surface area contributed by atoms with Crippen molar-refractivity contribution in [1.29, 1.82) is 0 Å². The third kappa shape index (κ3) is 1.48. The first-order chi connectivity index (χ1) is 4.70. The number of rotatable bonds is 1. The predicted molar refractivity (Wildman–Crippen MR) is 34.6 cm³/mol. The maximum atomic E-state index is 12.2. The highest BCUT2D eigenvalue weighted by Gasteiger charge is 2.00. The molecule has 10 heavy (non-hydrogen) atoms. The zero-order valence-electron chi connectivity index (χ0n) is 5.58. The summed E-state index contributed by atoms with van der Waals surface area (Å²) in [7, 11) is 0. The summed E-state index contributed by atoms with van der Waals surface area (Å²) in [5.74, 6) is 0.0193. The van der Waals surface area contributed by atoms with Gasteiger partial charge in [0.2, 0.25) is 0 Å². The quantitative estimate of drug-likeness (QED) is 0.624. The summed E-state index contributed by atoms with van der Waals surface area (Å²) in [5, 5.41) is 0. The summed E-state index contributed by atoms with van der Waals surface area (Å²) < 4.78 is 12.2. The predicted octanol–water partition coefficient (Wildman–Crippen LogP) is 0.635. The molecular formula is C6H8FN3. The molecule has 1 heterocycles. The van der Waals surface area contributed by atoms with E-state index < -0.39 is 5.82 Å². The highest BCUT2D eigenvalue weighted by atomic mass is 19.1. The number of halogens is 1. The Labute approximate surface area is 58.1 Å². The molecule has 0 saturated heterocycles. The van der Waals surface area contributed by atoms with Crippen LogP contribution in [-0.4, -0.2) is 9.97 Å². The van der Waals surface area contributed by atoms with Crippen LogP contribution in [0.2, 0.25) is 0 Å². The fraction of sp³-hybridized carbons (Fsp3) is 0.333. The average Bonchev–Trinajstić information content (AvgIpc) is 1.88. The van der Waals surface area contributed by atoms with Crippen LogP contribution in [0, 0.1) is 5.82 Å². The van der Waals surface area contributed by atoms with Crippen molar-refractivity contribution < 1.29 is 4.39 Å². The molecule has 0 fully saturated rings. The van der Waals surface area contributed by atoms with Gasteiger partial charge in [-0.2, -0.15) is 0 Å². The summed E-state index contributed by atoms with van der Waals surface area (Å²) >= 11 is 0. The van der Waals surface area contributed by atoms with Crippen molar-refractivity contribution in [3.8, 4) is 0 Å². The molecule has 4 heteroatoms. The normalized spacial score (nSPS) is 13.1. The molecular weight excluding hydrogens is 133 g/mol. The Balaban J connectivity index is 2.89. The molecule has 1 aromatic rings. The van der Waals surface area contributed by atoms with Crippen molar-refractivity contribution in [2.45, 2.75) is 13.0 Å². The van der Waals surface area contributed by atoms with Gasteiger partial charge in [0, 0.05) is 0 Å². The highest BCUT2D eigenvalue weighted by Crippen LogP contribution is 2.00. The zero-order valence-corrected chi connectivity index (χ0v) is 5.58. The summed E-state index contributed by atoms with van der Waals surface area (Å²) in [6, 6.07) is -0.236. The van der Waals surface area contributed by atoms with E-state index in [4.69, 9.17) is 5.73 Å². The molecule has 0 amide bonds. The molecule has 1 atom stereocenters. The number of aromatic nitrogens is 2.